The molecule has 4 rings (SSSR count). The van der Waals surface area contributed by atoms with Gasteiger partial charge in [0.1, 0.15) is 5.82 Å². The lowest BCUT2D eigenvalue weighted by molar-refractivity contribution is -0.144. The SMILES string of the molecule is COC(=O)CC1CCC(N2CCN(C(=O)N(C)[C@H](C)c3cc(C(F)(F)F)cc(C(F)(F)F)c3)[C@@H](c3ccc(F)cc3C)C2)CC1. The molecule has 2 atom stereocenters. The molecular formula is C32H38F7N3O3. The molecule has 45 heavy (non-hydrogen) atoms. The molecule has 0 N–H and O–H groups in total. The van der Waals surface area contributed by atoms with Gasteiger partial charge in [0.15, 0.2) is 0 Å². The van der Waals surface area contributed by atoms with Crippen LogP contribution in [0.3, 0.4) is 0 Å². The summed E-state index contributed by atoms with van der Waals surface area (Å²) < 4.78 is 100. The number of amides is 2. The van der Waals surface area contributed by atoms with Crippen LogP contribution < -0.4 is 0 Å². The highest BCUT2D eigenvalue weighted by atomic mass is 19.4. The van der Waals surface area contributed by atoms with Crippen LogP contribution in [0.2, 0.25) is 0 Å². The third kappa shape index (κ3) is 8.09. The van der Waals surface area contributed by atoms with Gasteiger partial charge in [0.25, 0.3) is 0 Å². The number of nitrogens with zero attached hydrogens (tertiary/aromatic N) is 3. The number of piperazine rings is 1. The van der Waals surface area contributed by atoms with E-state index in [1.54, 1.807) is 17.9 Å². The third-order valence-corrected chi connectivity index (χ3v) is 9.24. The fourth-order valence-corrected chi connectivity index (χ4v) is 6.49. The average molecular weight is 646 g/mol. The molecule has 2 aliphatic rings. The Morgan fingerprint density at radius 1 is 0.956 bits per heavy atom. The maximum Gasteiger partial charge on any atom is 0.416 e. The van der Waals surface area contributed by atoms with Crippen LogP contribution in [0.4, 0.5) is 35.5 Å². The van der Waals surface area contributed by atoms with E-state index in [4.69, 9.17) is 4.74 Å². The normalized spacial score (nSPS) is 22.2. The van der Waals surface area contributed by atoms with E-state index >= 15 is 0 Å². The van der Waals surface area contributed by atoms with Gasteiger partial charge >= 0.3 is 24.4 Å². The van der Waals surface area contributed by atoms with Gasteiger partial charge in [-0.3, -0.25) is 9.69 Å². The van der Waals surface area contributed by atoms with E-state index < -0.39 is 47.4 Å². The van der Waals surface area contributed by atoms with Gasteiger partial charge in [-0.1, -0.05) is 6.07 Å². The van der Waals surface area contributed by atoms with Crippen LogP contribution in [-0.2, 0) is 21.9 Å². The maximum absolute atomic E-state index is 14.1. The highest BCUT2D eigenvalue weighted by Crippen LogP contribution is 2.39. The molecule has 248 valence electrons. The topological polar surface area (TPSA) is 53.1 Å². The van der Waals surface area contributed by atoms with Gasteiger partial charge in [0.2, 0.25) is 0 Å². The van der Waals surface area contributed by atoms with Crippen LogP contribution >= 0.6 is 0 Å². The minimum atomic E-state index is -5.02. The monoisotopic (exact) mass is 645 g/mol. The van der Waals surface area contributed by atoms with Gasteiger partial charge in [0, 0.05) is 39.1 Å². The molecule has 2 fully saturated rings. The van der Waals surface area contributed by atoms with E-state index in [-0.39, 0.29) is 36.1 Å². The number of halogens is 7. The number of benzene rings is 2. The lowest BCUT2D eigenvalue weighted by Crippen LogP contribution is -2.56. The summed E-state index contributed by atoms with van der Waals surface area (Å²) in [5, 5.41) is 0. The lowest BCUT2D eigenvalue weighted by atomic mass is 9.83. The van der Waals surface area contributed by atoms with Crippen LogP contribution in [-0.4, -0.2) is 66.5 Å². The van der Waals surface area contributed by atoms with Crippen LogP contribution in [0, 0.1) is 18.7 Å². The summed E-state index contributed by atoms with van der Waals surface area (Å²) in [5.74, 6) is -0.451. The molecule has 1 heterocycles. The number of urea groups is 1. The Bertz CT molecular complexity index is 1340. The summed E-state index contributed by atoms with van der Waals surface area (Å²) in [7, 11) is 2.72. The van der Waals surface area contributed by atoms with Crippen molar-refractivity contribution in [1.82, 2.24) is 14.7 Å². The number of rotatable bonds is 6. The maximum atomic E-state index is 14.1. The van der Waals surface area contributed by atoms with E-state index in [0.717, 1.165) is 30.6 Å². The predicted molar refractivity (Wildman–Crippen MR) is 153 cm³/mol. The molecular weight excluding hydrogens is 607 g/mol. The molecule has 2 aromatic carbocycles. The summed E-state index contributed by atoms with van der Waals surface area (Å²) in [6, 6.07) is 3.58. The predicted octanol–water partition coefficient (Wildman–Crippen LogP) is 7.77. The summed E-state index contributed by atoms with van der Waals surface area (Å²) in [5.41, 5.74) is -1.88. The smallest absolute Gasteiger partial charge is 0.416 e. The standard InChI is InChI=1S/C32H38F7N3O3/c1-19-13-25(33)7-10-27(19)28-18-41(26-8-5-21(6-9-26)14-29(43)45-4)11-12-42(28)30(44)40(3)20(2)22-15-23(31(34,35)36)17-24(16-22)32(37,38)39/h7,10,13,15-17,20-21,26,28H,5-6,8-9,11-12,14,18H2,1-4H3/t20-,21?,26?,28-/m1/s1. The number of hydrogen-bond donors (Lipinski definition) is 0. The fourth-order valence-electron chi connectivity index (χ4n) is 6.49. The zero-order chi connectivity index (χ0) is 33.3. The summed E-state index contributed by atoms with van der Waals surface area (Å²) in [6.45, 7) is 4.27. The Labute approximate surface area is 258 Å². The van der Waals surface area contributed by atoms with Gasteiger partial charge in [-0.2, -0.15) is 26.3 Å². The first-order valence-electron chi connectivity index (χ1n) is 14.9. The molecule has 13 heteroatoms. The first kappa shape index (κ1) is 34.5. The number of aryl methyl sites for hydroxylation is 1. The van der Waals surface area contributed by atoms with Crippen molar-refractivity contribution in [1.29, 1.82) is 0 Å². The second-order valence-corrected chi connectivity index (χ2v) is 12.1. The molecule has 0 spiro atoms. The molecule has 0 aromatic heterocycles. The molecule has 1 aliphatic carbocycles. The Balaban J connectivity index is 1.58. The lowest BCUT2D eigenvalue weighted by Gasteiger charge is -2.47. The average Bonchev–Trinajstić information content (AvgIpc) is 2.99. The quantitative estimate of drug-likeness (QED) is 0.238. The van der Waals surface area contributed by atoms with Gasteiger partial charge in [-0.25, -0.2) is 9.18 Å². The molecule has 2 amide bonds. The minimum absolute atomic E-state index is 0.0630. The van der Waals surface area contributed by atoms with E-state index in [2.05, 4.69) is 4.90 Å². The molecule has 1 saturated heterocycles. The molecule has 1 aliphatic heterocycles. The van der Waals surface area contributed by atoms with Crippen molar-refractivity contribution in [2.45, 2.75) is 76.4 Å². The number of carbonyl (C=O) groups is 2. The highest BCUT2D eigenvalue weighted by molar-refractivity contribution is 5.75. The fraction of sp³-hybridized carbons (Fsp3) is 0.562. The van der Waals surface area contributed by atoms with Crippen LogP contribution in [0.15, 0.2) is 36.4 Å². The minimum Gasteiger partial charge on any atom is -0.469 e. The van der Waals surface area contributed by atoms with Crippen LogP contribution in [0.5, 0.6) is 0 Å². The summed E-state index contributed by atoms with van der Waals surface area (Å²) >= 11 is 0. The molecule has 0 unspecified atom stereocenters. The van der Waals surface area contributed by atoms with E-state index in [0.29, 0.717) is 42.8 Å². The Morgan fingerprint density at radius 3 is 2.09 bits per heavy atom. The molecule has 2 aromatic rings. The molecule has 6 nitrogen and oxygen atoms in total. The third-order valence-electron chi connectivity index (χ3n) is 9.24. The number of methoxy groups -OCH3 is 1. The number of carbonyl (C=O) groups excluding carboxylic acids is 2. The Hall–Kier alpha value is -3.35. The van der Waals surface area contributed by atoms with Gasteiger partial charge in [-0.15, -0.1) is 0 Å². The number of esters is 1. The molecule has 0 bridgehead atoms. The van der Waals surface area contributed by atoms with Gasteiger partial charge < -0.3 is 14.5 Å². The summed E-state index contributed by atoms with van der Waals surface area (Å²) in [6.07, 6.45) is -6.29. The first-order chi connectivity index (χ1) is 21.0. The van der Waals surface area contributed by atoms with E-state index in [1.165, 1.54) is 33.2 Å². The van der Waals surface area contributed by atoms with Gasteiger partial charge in [-0.05, 0) is 92.5 Å². The van der Waals surface area contributed by atoms with Crippen molar-refractivity contribution >= 4 is 12.0 Å². The molecule has 0 radical (unpaired) electrons. The van der Waals surface area contributed by atoms with Crippen molar-refractivity contribution in [3.63, 3.8) is 0 Å². The van der Waals surface area contributed by atoms with E-state index in [9.17, 15) is 40.3 Å². The zero-order valence-corrected chi connectivity index (χ0v) is 25.6. The van der Waals surface area contributed by atoms with Crippen LogP contribution in [0.1, 0.15) is 78.9 Å². The van der Waals surface area contributed by atoms with Gasteiger partial charge in [0.05, 0.1) is 30.3 Å². The van der Waals surface area contributed by atoms with E-state index in [1.807, 2.05) is 0 Å². The second kappa shape index (κ2) is 13.6. The highest BCUT2D eigenvalue weighted by Gasteiger charge is 2.40. The largest absolute Gasteiger partial charge is 0.469 e. The number of ether oxygens (including phenoxy) is 1. The first-order valence-corrected chi connectivity index (χ1v) is 14.9. The van der Waals surface area contributed by atoms with Crippen molar-refractivity contribution < 1.29 is 45.1 Å². The van der Waals surface area contributed by atoms with Crippen molar-refractivity contribution in [3.8, 4) is 0 Å². The zero-order valence-electron chi connectivity index (χ0n) is 25.6. The van der Waals surface area contributed by atoms with Crippen molar-refractivity contribution in [2.75, 3.05) is 33.8 Å². The molecule has 1 saturated carbocycles. The number of hydrogen-bond acceptors (Lipinski definition) is 4. The van der Waals surface area contributed by atoms with Crippen LogP contribution in [0.25, 0.3) is 0 Å². The van der Waals surface area contributed by atoms with Crippen molar-refractivity contribution in [2.24, 2.45) is 5.92 Å². The Morgan fingerprint density at radius 2 is 1.56 bits per heavy atom. The number of alkyl halides is 6. The second-order valence-electron chi connectivity index (χ2n) is 12.1. The summed E-state index contributed by atoms with van der Waals surface area (Å²) in [4.78, 5) is 30.7. The Kier molecular flexibility index (Phi) is 10.4. The van der Waals surface area contributed by atoms with Crippen molar-refractivity contribution in [3.05, 3.63) is 70.0 Å².